The predicted molar refractivity (Wildman–Crippen MR) is 108 cm³/mol. The molecule has 0 aliphatic rings. The van der Waals surface area contributed by atoms with E-state index in [0.29, 0.717) is 0 Å². The fraction of sp³-hybridized carbons (Fsp3) is 0.857. The Bertz CT molecular complexity index is 276. The van der Waals surface area contributed by atoms with Crippen LogP contribution in [0.4, 0.5) is 0 Å². The molecule has 0 aliphatic heterocycles. The van der Waals surface area contributed by atoms with E-state index in [-0.39, 0.29) is 0 Å². The summed E-state index contributed by atoms with van der Waals surface area (Å²) in [5.74, 6) is 0. The van der Waals surface area contributed by atoms with Crippen LogP contribution in [0.3, 0.4) is 0 Å². The minimum Gasteiger partial charge on any atom is -0.330 e. The molecule has 4 nitrogen and oxygen atoms in total. The van der Waals surface area contributed by atoms with Crippen molar-refractivity contribution in [3.8, 4) is 0 Å². The highest BCUT2D eigenvalue weighted by atomic mass is 14.9. The lowest BCUT2D eigenvalue weighted by Crippen LogP contribution is -1.97. The van der Waals surface area contributed by atoms with Gasteiger partial charge >= 0.3 is 0 Å². The Labute approximate surface area is 156 Å². The summed E-state index contributed by atoms with van der Waals surface area (Å²) in [6, 6.07) is 0. The van der Waals surface area contributed by atoms with Crippen LogP contribution >= 0.6 is 0 Å². The van der Waals surface area contributed by atoms with Crippen LogP contribution in [-0.4, -0.2) is 21.5 Å². The van der Waals surface area contributed by atoms with Crippen molar-refractivity contribution in [3.63, 3.8) is 0 Å². The van der Waals surface area contributed by atoms with Gasteiger partial charge in [0.2, 0.25) is 0 Å². The van der Waals surface area contributed by atoms with Crippen molar-refractivity contribution in [3.05, 3.63) is 19.0 Å². The molecule has 0 bridgehead atoms. The lowest BCUT2D eigenvalue weighted by atomic mass is 10.0. The molecule has 0 aliphatic carbocycles. The molecule has 0 unspecified atom stereocenters. The van der Waals surface area contributed by atoms with Gasteiger partial charge in [-0.25, -0.2) is 15.0 Å². The number of unbranched alkanes of at least 4 members (excludes halogenated alkanes) is 15. The predicted octanol–water partition coefficient (Wildman–Crippen LogP) is 6.08. The topological polar surface area (TPSA) is 64.7 Å². The summed E-state index contributed by atoms with van der Waals surface area (Å²) in [5, 5.41) is 0. The number of rotatable bonds is 16. The second-order valence-corrected chi connectivity index (χ2v) is 6.89. The molecule has 0 radical (unpaired) electrons. The molecule has 0 spiro atoms. The summed E-state index contributed by atoms with van der Waals surface area (Å²) < 4.78 is 0. The van der Waals surface area contributed by atoms with E-state index in [1.54, 1.807) is 0 Å². The Morgan fingerprint density at radius 2 is 0.760 bits per heavy atom. The molecule has 1 aromatic heterocycles. The summed E-state index contributed by atoms with van der Waals surface area (Å²) in [4.78, 5) is 10.7. The van der Waals surface area contributed by atoms with E-state index in [1.807, 2.05) is 0 Å². The van der Waals surface area contributed by atoms with Gasteiger partial charge in [0.25, 0.3) is 0 Å². The average Bonchev–Trinajstić information content (AvgIpc) is 2.67. The molecule has 0 fully saturated rings. The highest BCUT2D eigenvalue weighted by Crippen LogP contribution is 2.13. The van der Waals surface area contributed by atoms with E-state index in [9.17, 15) is 0 Å². The Morgan fingerprint density at radius 3 is 1.00 bits per heavy atom. The maximum absolute atomic E-state index is 5.48. The zero-order valence-electron chi connectivity index (χ0n) is 16.7. The molecule has 0 aromatic carbocycles. The molecule has 4 heteroatoms. The monoisotopic (exact) mass is 350 g/mol. The smallest absolute Gasteiger partial charge is 0.119 e. The van der Waals surface area contributed by atoms with E-state index in [0.717, 1.165) is 6.54 Å². The largest absolute Gasteiger partial charge is 0.330 e. The van der Waals surface area contributed by atoms with Crippen LogP contribution in [0.5, 0.6) is 0 Å². The molecule has 0 saturated heterocycles. The van der Waals surface area contributed by atoms with Gasteiger partial charge in [0.05, 0.1) is 0 Å². The second kappa shape index (κ2) is 23.0. The minimum absolute atomic E-state index is 0.873. The fourth-order valence-corrected chi connectivity index (χ4v) is 2.90. The number of nitrogens with two attached hydrogens (primary N) is 1. The van der Waals surface area contributed by atoms with Crippen LogP contribution in [-0.2, 0) is 0 Å². The third-order valence-corrected chi connectivity index (χ3v) is 4.46. The molecule has 25 heavy (non-hydrogen) atoms. The van der Waals surface area contributed by atoms with Crippen LogP contribution in [0, 0.1) is 0 Å². The Hall–Kier alpha value is -1.03. The standard InChI is InChI=1S/C18H39N.C3H3N3/c1-2-3-4-5-6-7-8-9-10-11-12-13-14-15-16-17-18-19;1-4-2-6-3-5-1/h2-19H2,1H3;1-3H. The Kier molecular flexibility index (Phi) is 22.0. The molecule has 1 aromatic rings. The number of aromatic nitrogens is 3. The number of hydrogen-bond acceptors (Lipinski definition) is 4. The highest BCUT2D eigenvalue weighted by molar-refractivity contribution is 4.51. The van der Waals surface area contributed by atoms with E-state index in [2.05, 4.69) is 21.9 Å². The first-order valence-corrected chi connectivity index (χ1v) is 10.7. The molecule has 0 amide bonds. The maximum atomic E-state index is 5.48. The van der Waals surface area contributed by atoms with Crippen molar-refractivity contribution in [2.24, 2.45) is 5.73 Å². The van der Waals surface area contributed by atoms with Gasteiger partial charge in [0.1, 0.15) is 19.0 Å². The van der Waals surface area contributed by atoms with Gasteiger partial charge in [-0.2, -0.15) is 0 Å². The summed E-state index contributed by atoms with van der Waals surface area (Å²) in [6.07, 6.45) is 27.2. The third kappa shape index (κ3) is 23.0. The van der Waals surface area contributed by atoms with Crippen molar-refractivity contribution in [2.45, 2.75) is 110 Å². The molecule has 0 atom stereocenters. The normalized spacial score (nSPS) is 10.3. The fourth-order valence-electron chi connectivity index (χ4n) is 2.90. The number of nitrogens with zero attached hydrogens (tertiary/aromatic N) is 3. The van der Waals surface area contributed by atoms with E-state index in [1.165, 1.54) is 122 Å². The van der Waals surface area contributed by atoms with Crippen molar-refractivity contribution in [2.75, 3.05) is 6.54 Å². The first-order chi connectivity index (χ1) is 12.4. The van der Waals surface area contributed by atoms with Crippen LogP contribution in [0.25, 0.3) is 0 Å². The van der Waals surface area contributed by atoms with Gasteiger partial charge in [-0.05, 0) is 13.0 Å². The van der Waals surface area contributed by atoms with Crippen LogP contribution in [0.2, 0.25) is 0 Å². The minimum atomic E-state index is 0.873. The zero-order valence-corrected chi connectivity index (χ0v) is 16.7. The molecule has 1 heterocycles. The van der Waals surface area contributed by atoms with Crippen molar-refractivity contribution in [1.82, 2.24) is 15.0 Å². The molecule has 2 N–H and O–H groups in total. The summed E-state index contributed by atoms with van der Waals surface area (Å²) in [7, 11) is 0. The van der Waals surface area contributed by atoms with E-state index < -0.39 is 0 Å². The molecule has 0 saturated carbocycles. The summed E-state index contributed by atoms with van der Waals surface area (Å²) in [6.45, 7) is 3.16. The molecule has 1 rings (SSSR count). The Balaban J connectivity index is 0.000000796. The highest BCUT2D eigenvalue weighted by Gasteiger charge is 1.94. The maximum Gasteiger partial charge on any atom is 0.119 e. The van der Waals surface area contributed by atoms with Gasteiger partial charge < -0.3 is 5.73 Å². The van der Waals surface area contributed by atoms with Crippen LogP contribution < -0.4 is 5.73 Å². The van der Waals surface area contributed by atoms with Crippen LogP contribution in [0.15, 0.2) is 19.0 Å². The molecule has 146 valence electrons. The van der Waals surface area contributed by atoms with E-state index in [4.69, 9.17) is 5.73 Å². The SMILES string of the molecule is CCCCCCCCCCCCCCCCCCN.c1ncncn1. The van der Waals surface area contributed by atoms with Gasteiger partial charge in [0, 0.05) is 0 Å². The quantitative estimate of drug-likeness (QED) is 0.367. The van der Waals surface area contributed by atoms with Crippen molar-refractivity contribution >= 4 is 0 Å². The first-order valence-electron chi connectivity index (χ1n) is 10.7. The Morgan fingerprint density at radius 1 is 0.480 bits per heavy atom. The molecular weight excluding hydrogens is 308 g/mol. The van der Waals surface area contributed by atoms with Crippen molar-refractivity contribution in [1.29, 1.82) is 0 Å². The van der Waals surface area contributed by atoms with Gasteiger partial charge in [0.15, 0.2) is 0 Å². The lowest BCUT2D eigenvalue weighted by Gasteiger charge is -2.03. The van der Waals surface area contributed by atoms with E-state index >= 15 is 0 Å². The second-order valence-electron chi connectivity index (χ2n) is 6.89. The summed E-state index contributed by atoms with van der Waals surface area (Å²) in [5.41, 5.74) is 5.48. The average molecular weight is 351 g/mol. The lowest BCUT2D eigenvalue weighted by molar-refractivity contribution is 0.530. The zero-order chi connectivity index (χ0) is 18.3. The third-order valence-electron chi connectivity index (χ3n) is 4.46. The number of hydrogen-bond donors (Lipinski definition) is 1. The van der Waals surface area contributed by atoms with Gasteiger partial charge in [-0.15, -0.1) is 0 Å². The van der Waals surface area contributed by atoms with Crippen LogP contribution in [0.1, 0.15) is 110 Å². The van der Waals surface area contributed by atoms with Gasteiger partial charge in [-0.1, -0.05) is 103 Å². The first kappa shape index (κ1) is 24.0. The van der Waals surface area contributed by atoms with Gasteiger partial charge in [-0.3, -0.25) is 0 Å². The molecular formula is C21H42N4. The van der Waals surface area contributed by atoms with Crippen molar-refractivity contribution < 1.29 is 0 Å². The summed E-state index contributed by atoms with van der Waals surface area (Å²) >= 11 is 0.